The number of anilines is 1. The van der Waals surface area contributed by atoms with Crippen LogP contribution >= 0.6 is 0 Å². The Hall–Kier alpha value is -2.68. The van der Waals surface area contributed by atoms with E-state index in [-0.39, 0.29) is 5.91 Å². The van der Waals surface area contributed by atoms with E-state index in [2.05, 4.69) is 5.32 Å². The number of pyridine rings is 1. The van der Waals surface area contributed by atoms with Gasteiger partial charge in [0.15, 0.2) is 0 Å². The summed E-state index contributed by atoms with van der Waals surface area (Å²) in [7, 11) is 0. The molecular formula is C19H16N2O. The summed E-state index contributed by atoms with van der Waals surface area (Å²) >= 11 is 0. The second kappa shape index (κ2) is 5.26. The average molecular weight is 288 g/mol. The van der Waals surface area contributed by atoms with E-state index in [1.54, 1.807) is 0 Å². The molecule has 0 unspecified atom stereocenters. The molecule has 1 amide bonds. The van der Waals surface area contributed by atoms with Crippen molar-refractivity contribution in [2.75, 3.05) is 5.32 Å². The van der Waals surface area contributed by atoms with Crippen molar-refractivity contribution in [3.63, 3.8) is 0 Å². The molecule has 1 N–H and O–H groups in total. The first-order valence-electron chi connectivity index (χ1n) is 7.60. The topological polar surface area (TPSA) is 42.0 Å². The lowest BCUT2D eigenvalue weighted by molar-refractivity contribution is 0.102. The molecule has 0 saturated heterocycles. The van der Waals surface area contributed by atoms with Gasteiger partial charge in [0, 0.05) is 16.8 Å². The van der Waals surface area contributed by atoms with E-state index in [4.69, 9.17) is 4.98 Å². The predicted octanol–water partition coefficient (Wildman–Crippen LogP) is 3.98. The Balaban J connectivity index is 1.85. The summed E-state index contributed by atoms with van der Waals surface area (Å²) in [5.41, 5.74) is 4.72. The van der Waals surface area contributed by atoms with Gasteiger partial charge < -0.3 is 5.32 Å². The standard InChI is InChI=1S/C19H16N2O/c22-19(20-13-7-2-1-3-8-13)18-14-9-4-5-11-16(14)21-17-12-6-10-15(17)18/h1-5,7-9,11H,6,10,12H2,(H,20,22). The SMILES string of the molecule is O=C(Nc1ccccc1)c1c2c(nc3ccccc13)CCC2. The Kier molecular flexibility index (Phi) is 3.11. The molecule has 1 aliphatic rings. The van der Waals surface area contributed by atoms with Crippen molar-refractivity contribution in [2.24, 2.45) is 0 Å². The number of carbonyl (C=O) groups is 1. The quantitative estimate of drug-likeness (QED) is 0.775. The molecule has 22 heavy (non-hydrogen) atoms. The third-order valence-electron chi connectivity index (χ3n) is 4.18. The van der Waals surface area contributed by atoms with E-state index in [9.17, 15) is 4.79 Å². The fraction of sp³-hybridized carbons (Fsp3) is 0.158. The van der Waals surface area contributed by atoms with Gasteiger partial charge in [-0.15, -0.1) is 0 Å². The van der Waals surface area contributed by atoms with Gasteiger partial charge in [0.05, 0.1) is 11.1 Å². The molecule has 0 radical (unpaired) electrons. The number of nitrogens with one attached hydrogen (secondary N) is 1. The van der Waals surface area contributed by atoms with Crippen molar-refractivity contribution >= 4 is 22.5 Å². The lowest BCUT2D eigenvalue weighted by Crippen LogP contribution is -2.15. The Morgan fingerprint density at radius 1 is 0.955 bits per heavy atom. The maximum Gasteiger partial charge on any atom is 0.256 e. The first-order chi connectivity index (χ1) is 10.8. The van der Waals surface area contributed by atoms with E-state index in [0.717, 1.165) is 52.7 Å². The Morgan fingerprint density at radius 2 is 1.73 bits per heavy atom. The van der Waals surface area contributed by atoms with E-state index >= 15 is 0 Å². The van der Waals surface area contributed by atoms with E-state index < -0.39 is 0 Å². The smallest absolute Gasteiger partial charge is 0.256 e. The van der Waals surface area contributed by atoms with Gasteiger partial charge in [-0.1, -0.05) is 36.4 Å². The Bertz CT molecular complexity index is 856. The molecule has 4 rings (SSSR count). The zero-order valence-electron chi connectivity index (χ0n) is 12.2. The molecule has 1 heterocycles. The first kappa shape index (κ1) is 13.0. The molecule has 3 nitrogen and oxygen atoms in total. The fourth-order valence-corrected chi connectivity index (χ4v) is 3.19. The molecule has 0 bridgehead atoms. The number of benzene rings is 2. The second-order valence-corrected chi connectivity index (χ2v) is 5.60. The molecule has 108 valence electrons. The summed E-state index contributed by atoms with van der Waals surface area (Å²) in [5, 5.41) is 3.95. The number of amides is 1. The second-order valence-electron chi connectivity index (χ2n) is 5.60. The highest BCUT2D eigenvalue weighted by atomic mass is 16.1. The number of carbonyl (C=O) groups excluding carboxylic acids is 1. The van der Waals surface area contributed by atoms with Crippen molar-refractivity contribution in [1.82, 2.24) is 4.98 Å². The summed E-state index contributed by atoms with van der Waals surface area (Å²) < 4.78 is 0. The molecule has 0 aliphatic heterocycles. The summed E-state index contributed by atoms with van der Waals surface area (Å²) in [6, 6.07) is 17.5. The highest BCUT2D eigenvalue weighted by Gasteiger charge is 2.23. The summed E-state index contributed by atoms with van der Waals surface area (Å²) in [4.78, 5) is 17.6. The summed E-state index contributed by atoms with van der Waals surface area (Å²) in [6.07, 6.45) is 2.97. The van der Waals surface area contributed by atoms with Gasteiger partial charge in [-0.2, -0.15) is 0 Å². The Labute approximate surface area is 129 Å². The minimum Gasteiger partial charge on any atom is -0.322 e. The van der Waals surface area contributed by atoms with Crippen LogP contribution in [0.15, 0.2) is 54.6 Å². The Morgan fingerprint density at radius 3 is 2.59 bits per heavy atom. The van der Waals surface area contributed by atoms with Crippen LogP contribution in [0.4, 0.5) is 5.69 Å². The van der Waals surface area contributed by atoms with E-state index in [0.29, 0.717) is 0 Å². The molecule has 0 spiro atoms. The third-order valence-corrected chi connectivity index (χ3v) is 4.18. The highest BCUT2D eigenvalue weighted by Crippen LogP contribution is 2.30. The molecule has 1 aliphatic carbocycles. The van der Waals surface area contributed by atoms with Gasteiger partial charge in [0.25, 0.3) is 5.91 Å². The van der Waals surface area contributed by atoms with E-state index in [1.807, 2.05) is 54.6 Å². The number of aryl methyl sites for hydroxylation is 1. The van der Waals surface area contributed by atoms with Crippen molar-refractivity contribution in [3.8, 4) is 0 Å². The monoisotopic (exact) mass is 288 g/mol. The predicted molar refractivity (Wildman–Crippen MR) is 88.2 cm³/mol. The zero-order valence-corrected chi connectivity index (χ0v) is 12.2. The third kappa shape index (κ3) is 2.15. The first-order valence-corrected chi connectivity index (χ1v) is 7.60. The number of fused-ring (bicyclic) bond motifs is 2. The lowest BCUT2D eigenvalue weighted by Gasteiger charge is -2.12. The van der Waals surface area contributed by atoms with Crippen LogP contribution in [0.3, 0.4) is 0 Å². The molecule has 0 atom stereocenters. The van der Waals surface area contributed by atoms with Gasteiger partial charge in [-0.05, 0) is 43.0 Å². The number of rotatable bonds is 2. The maximum atomic E-state index is 12.8. The van der Waals surface area contributed by atoms with Crippen LogP contribution in [0.25, 0.3) is 10.9 Å². The van der Waals surface area contributed by atoms with E-state index in [1.165, 1.54) is 0 Å². The van der Waals surface area contributed by atoms with Crippen LogP contribution in [0.1, 0.15) is 28.0 Å². The van der Waals surface area contributed by atoms with Crippen molar-refractivity contribution in [2.45, 2.75) is 19.3 Å². The number of para-hydroxylation sites is 2. The molecule has 2 aromatic carbocycles. The van der Waals surface area contributed by atoms with Crippen LogP contribution in [-0.4, -0.2) is 10.9 Å². The van der Waals surface area contributed by atoms with Crippen molar-refractivity contribution < 1.29 is 4.79 Å². The zero-order chi connectivity index (χ0) is 14.9. The average Bonchev–Trinajstić information content (AvgIpc) is 3.01. The van der Waals surface area contributed by atoms with Gasteiger partial charge in [0.2, 0.25) is 0 Å². The summed E-state index contributed by atoms with van der Waals surface area (Å²) in [5.74, 6) is -0.0389. The number of nitrogens with zero attached hydrogens (tertiary/aromatic N) is 1. The molecule has 1 aromatic heterocycles. The van der Waals surface area contributed by atoms with Crippen LogP contribution in [0.2, 0.25) is 0 Å². The maximum absolute atomic E-state index is 12.8. The van der Waals surface area contributed by atoms with Crippen molar-refractivity contribution in [3.05, 3.63) is 71.4 Å². The van der Waals surface area contributed by atoms with Gasteiger partial charge in [-0.25, -0.2) is 0 Å². The minimum atomic E-state index is -0.0389. The molecule has 0 fully saturated rings. The van der Waals surface area contributed by atoms with Crippen LogP contribution in [-0.2, 0) is 12.8 Å². The van der Waals surface area contributed by atoms with Gasteiger partial charge >= 0.3 is 0 Å². The molecule has 0 saturated carbocycles. The molecule has 3 heteroatoms. The molecule has 3 aromatic rings. The van der Waals surface area contributed by atoms with Crippen LogP contribution < -0.4 is 5.32 Å². The minimum absolute atomic E-state index is 0.0389. The fourth-order valence-electron chi connectivity index (χ4n) is 3.19. The normalized spacial score (nSPS) is 13.1. The summed E-state index contributed by atoms with van der Waals surface area (Å²) in [6.45, 7) is 0. The largest absolute Gasteiger partial charge is 0.322 e. The lowest BCUT2D eigenvalue weighted by atomic mass is 10.0. The number of aromatic nitrogens is 1. The number of hydrogen-bond acceptors (Lipinski definition) is 2. The van der Waals surface area contributed by atoms with Crippen molar-refractivity contribution in [1.29, 1.82) is 0 Å². The van der Waals surface area contributed by atoms with Crippen LogP contribution in [0.5, 0.6) is 0 Å². The van der Waals surface area contributed by atoms with Gasteiger partial charge in [0.1, 0.15) is 0 Å². The van der Waals surface area contributed by atoms with Crippen LogP contribution in [0, 0.1) is 0 Å². The van der Waals surface area contributed by atoms with Gasteiger partial charge in [-0.3, -0.25) is 9.78 Å². The highest BCUT2D eigenvalue weighted by molar-refractivity contribution is 6.13. The molecular weight excluding hydrogens is 272 g/mol. The number of hydrogen-bond donors (Lipinski definition) is 1.